The molecule has 10 heteroatoms. The number of H-pyrrole nitrogens is 1. The fourth-order valence-corrected chi connectivity index (χ4v) is 3.79. The van der Waals surface area contributed by atoms with Gasteiger partial charge in [0.05, 0.1) is 29.3 Å². The third-order valence-corrected chi connectivity index (χ3v) is 5.71. The lowest BCUT2D eigenvalue weighted by Gasteiger charge is -2.14. The van der Waals surface area contributed by atoms with Crippen LogP contribution in [0.3, 0.4) is 0 Å². The number of aromatic carboxylic acids is 1. The molecule has 35 heavy (non-hydrogen) atoms. The van der Waals surface area contributed by atoms with Crippen molar-refractivity contribution in [1.82, 2.24) is 9.66 Å². The van der Waals surface area contributed by atoms with E-state index in [0.717, 1.165) is 4.68 Å². The van der Waals surface area contributed by atoms with E-state index >= 15 is 0 Å². The first-order valence-electron chi connectivity index (χ1n) is 10.6. The van der Waals surface area contributed by atoms with E-state index in [-0.39, 0.29) is 12.2 Å². The highest BCUT2D eigenvalue weighted by molar-refractivity contribution is 9.10. The molecule has 0 aliphatic carbocycles. The molecule has 9 nitrogen and oxygen atoms in total. The van der Waals surface area contributed by atoms with Crippen molar-refractivity contribution in [2.24, 2.45) is 5.10 Å². The molecule has 0 fully saturated rings. The van der Waals surface area contributed by atoms with Gasteiger partial charge in [-0.15, -0.1) is 4.68 Å². The predicted octanol–water partition coefficient (Wildman–Crippen LogP) is 4.01. The molecule has 0 radical (unpaired) electrons. The van der Waals surface area contributed by atoms with Gasteiger partial charge in [-0.2, -0.15) is 5.10 Å². The van der Waals surface area contributed by atoms with Gasteiger partial charge >= 0.3 is 11.7 Å². The number of aromatic amines is 1. The van der Waals surface area contributed by atoms with Crippen LogP contribution in [0, 0.1) is 0 Å². The zero-order valence-corrected chi connectivity index (χ0v) is 20.1. The average Bonchev–Trinajstić information content (AvgIpc) is 2.84. The summed E-state index contributed by atoms with van der Waals surface area (Å²) in [5.41, 5.74) is 0.643. The molecule has 0 aliphatic rings. The van der Waals surface area contributed by atoms with Gasteiger partial charge in [0, 0.05) is 10.0 Å². The van der Waals surface area contributed by atoms with Gasteiger partial charge in [0.2, 0.25) is 0 Å². The number of para-hydroxylation sites is 1. The summed E-state index contributed by atoms with van der Waals surface area (Å²) in [4.78, 5) is 38.9. The van der Waals surface area contributed by atoms with Gasteiger partial charge in [0.25, 0.3) is 5.56 Å². The van der Waals surface area contributed by atoms with Crippen LogP contribution in [0.4, 0.5) is 0 Å². The van der Waals surface area contributed by atoms with Crippen LogP contribution >= 0.6 is 15.9 Å². The minimum absolute atomic E-state index is 0.128. The molecule has 1 heterocycles. The summed E-state index contributed by atoms with van der Waals surface area (Å²) in [6.07, 6.45) is 1.37. The SMILES string of the molecule is CCOc1cc(C=Nn2c(=O)[nH]c3ccccc3c2=O)c(Br)cc1OCc1cccc(C(=O)O)c1. The van der Waals surface area contributed by atoms with Gasteiger partial charge in [-0.25, -0.2) is 9.59 Å². The van der Waals surface area contributed by atoms with Crippen LogP contribution < -0.4 is 20.7 Å². The van der Waals surface area contributed by atoms with Crippen molar-refractivity contribution in [1.29, 1.82) is 0 Å². The molecule has 3 aromatic carbocycles. The second-order valence-corrected chi connectivity index (χ2v) is 8.24. The molecule has 178 valence electrons. The lowest BCUT2D eigenvalue weighted by molar-refractivity contribution is 0.0696. The van der Waals surface area contributed by atoms with Crippen molar-refractivity contribution < 1.29 is 19.4 Å². The first-order chi connectivity index (χ1) is 16.9. The van der Waals surface area contributed by atoms with E-state index in [9.17, 15) is 19.5 Å². The van der Waals surface area contributed by atoms with Crippen molar-refractivity contribution >= 4 is 39.0 Å². The molecule has 0 bridgehead atoms. The number of benzene rings is 3. The van der Waals surface area contributed by atoms with Crippen LogP contribution in [0.25, 0.3) is 10.9 Å². The first-order valence-corrected chi connectivity index (χ1v) is 11.4. The zero-order chi connectivity index (χ0) is 24.9. The molecule has 1 aromatic heterocycles. The highest BCUT2D eigenvalue weighted by Gasteiger charge is 2.12. The molecule has 4 rings (SSSR count). The molecule has 0 aliphatic heterocycles. The lowest BCUT2D eigenvalue weighted by atomic mass is 10.1. The number of aromatic nitrogens is 2. The molecular weight excluding hydrogens is 518 g/mol. The standard InChI is InChI=1S/C25H20BrN3O6/c1-2-34-21-11-17(13-27-29-23(30)18-8-3-4-9-20(18)28-25(29)33)19(26)12-22(21)35-14-15-6-5-7-16(10-15)24(31)32/h3-13H,2,14H2,1H3,(H,28,33)(H,31,32). The van der Waals surface area contributed by atoms with Gasteiger partial charge in [0.15, 0.2) is 11.5 Å². The maximum Gasteiger partial charge on any atom is 0.349 e. The number of carboxylic acid groups (broad SMARTS) is 1. The molecule has 4 aromatic rings. The number of hydrogen-bond acceptors (Lipinski definition) is 6. The topological polar surface area (TPSA) is 123 Å². The number of rotatable bonds is 8. The highest BCUT2D eigenvalue weighted by Crippen LogP contribution is 2.34. The maximum atomic E-state index is 12.7. The summed E-state index contributed by atoms with van der Waals surface area (Å²) < 4.78 is 12.9. The number of ether oxygens (including phenoxy) is 2. The average molecular weight is 538 g/mol. The van der Waals surface area contributed by atoms with E-state index in [2.05, 4.69) is 26.0 Å². The minimum atomic E-state index is -1.02. The van der Waals surface area contributed by atoms with E-state index in [1.165, 1.54) is 18.3 Å². The Balaban J connectivity index is 1.63. The number of carboxylic acids is 1. The van der Waals surface area contributed by atoms with E-state index < -0.39 is 17.2 Å². The second-order valence-electron chi connectivity index (χ2n) is 7.38. The summed E-state index contributed by atoms with van der Waals surface area (Å²) in [7, 11) is 0. The van der Waals surface area contributed by atoms with Crippen molar-refractivity contribution in [2.75, 3.05) is 6.61 Å². The Morgan fingerprint density at radius 2 is 1.86 bits per heavy atom. The maximum absolute atomic E-state index is 12.7. The number of carbonyl (C=O) groups is 1. The summed E-state index contributed by atoms with van der Waals surface area (Å²) in [5, 5.41) is 13.6. The van der Waals surface area contributed by atoms with E-state index in [1.54, 1.807) is 48.5 Å². The first kappa shape index (κ1) is 24.0. The highest BCUT2D eigenvalue weighted by atomic mass is 79.9. The fraction of sp³-hybridized carbons (Fsp3) is 0.120. The van der Waals surface area contributed by atoms with Gasteiger partial charge in [-0.3, -0.25) is 4.79 Å². The second kappa shape index (κ2) is 10.4. The number of nitrogens with one attached hydrogen (secondary N) is 1. The Morgan fingerprint density at radius 1 is 1.09 bits per heavy atom. The van der Waals surface area contributed by atoms with Gasteiger partial charge in [0.1, 0.15) is 6.61 Å². The molecular formula is C25H20BrN3O6. The van der Waals surface area contributed by atoms with E-state index in [1.807, 2.05) is 6.92 Å². The van der Waals surface area contributed by atoms with Crippen LogP contribution in [0.15, 0.2) is 79.8 Å². The van der Waals surface area contributed by atoms with Crippen LogP contribution in [0.2, 0.25) is 0 Å². The number of halogens is 1. The smallest absolute Gasteiger partial charge is 0.349 e. The van der Waals surface area contributed by atoms with E-state index in [0.29, 0.717) is 44.6 Å². The third-order valence-electron chi connectivity index (χ3n) is 5.03. The summed E-state index contributed by atoms with van der Waals surface area (Å²) >= 11 is 3.46. The summed E-state index contributed by atoms with van der Waals surface area (Å²) in [6.45, 7) is 2.32. The van der Waals surface area contributed by atoms with Crippen molar-refractivity contribution in [2.45, 2.75) is 13.5 Å². The van der Waals surface area contributed by atoms with Gasteiger partial charge in [-0.1, -0.05) is 24.3 Å². The zero-order valence-electron chi connectivity index (χ0n) is 18.5. The third kappa shape index (κ3) is 5.33. The lowest BCUT2D eigenvalue weighted by Crippen LogP contribution is -2.32. The molecule has 0 saturated carbocycles. The normalized spacial score (nSPS) is 11.1. The van der Waals surface area contributed by atoms with Crippen molar-refractivity contribution in [3.8, 4) is 11.5 Å². The number of hydrogen-bond donors (Lipinski definition) is 2. The Morgan fingerprint density at radius 3 is 2.63 bits per heavy atom. The van der Waals surface area contributed by atoms with Crippen molar-refractivity contribution in [3.05, 3.63) is 103 Å². The Kier molecular flexibility index (Phi) is 7.11. The summed E-state index contributed by atoms with van der Waals surface area (Å²) in [6, 6.07) is 16.5. The quantitative estimate of drug-likeness (QED) is 0.327. The van der Waals surface area contributed by atoms with Crippen LogP contribution in [0.5, 0.6) is 11.5 Å². The van der Waals surface area contributed by atoms with Gasteiger partial charge in [-0.05, 0) is 64.8 Å². The molecule has 0 saturated heterocycles. The number of nitrogens with zero attached hydrogens (tertiary/aromatic N) is 2. The molecule has 0 unspecified atom stereocenters. The van der Waals surface area contributed by atoms with Crippen molar-refractivity contribution in [3.63, 3.8) is 0 Å². The molecule has 0 spiro atoms. The largest absolute Gasteiger partial charge is 0.490 e. The Labute approximate surface area is 207 Å². The molecule has 2 N–H and O–H groups in total. The fourth-order valence-electron chi connectivity index (χ4n) is 3.36. The summed E-state index contributed by atoms with van der Waals surface area (Å²) in [5.74, 6) is -0.166. The minimum Gasteiger partial charge on any atom is -0.490 e. The van der Waals surface area contributed by atoms with Crippen LogP contribution in [-0.4, -0.2) is 33.6 Å². The Hall–Kier alpha value is -4.18. The van der Waals surface area contributed by atoms with Crippen LogP contribution in [0.1, 0.15) is 28.4 Å². The van der Waals surface area contributed by atoms with Crippen LogP contribution in [-0.2, 0) is 6.61 Å². The molecule has 0 atom stereocenters. The van der Waals surface area contributed by atoms with Gasteiger partial charge < -0.3 is 19.6 Å². The molecule has 0 amide bonds. The van der Waals surface area contributed by atoms with E-state index in [4.69, 9.17) is 9.47 Å². The predicted molar refractivity (Wildman–Crippen MR) is 135 cm³/mol. The number of fused-ring (bicyclic) bond motifs is 1. The Bertz CT molecular complexity index is 1560. The monoisotopic (exact) mass is 537 g/mol.